The number of ether oxygens (including phenoxy) is 3. The van der Waals surface area contributed by atoms with E-state index in [-0.39, 0.29) is 0 Å². The van der Waals surface area contributed by atoms with Crippen LogP contribution in [0.2, 0.25) is 0 Å². The molecule has 0 spiro atoms. The maximum absolute atomic E-state index is 5.63. The Bertz CT molecular complexity index is 397. The number of aromatic nitrogens is 1. The molecule has 0 unspecified atom stereocenters. The van der Waals surface area contributed by atoms with Crippen LogP contribution in [0.1, 0.15) is 31.5 Å². The van der Waals surface area contributed by atoms with E-state index in [1.54, 1.807) is 7.11 Å². The molecule has 1 N–H and O–H groups in total. The Morgan fingerprint density at radius 1 is 1.14 bits per heavy atom. The molecule has 1 aromatic heterocycles. The topological polar surface area (TPSA) is 52.6 Å². The molecule has 0 amide bonds. The molecule has 0 atom stereocenters. The minimum absolute atomic E-state index is 0.471. The molecule has 0 fully saturated rings. The molecule has 1 heterocycles. The van der Waals surface area contributed by atoms with E-state index in [0.29, 0.717) is 38.3 Å². The first-order chi connectivity index (χ1) is 10.1. The van der Waals surface area contributed by atoms with Crippen LogP contribution in [0.25, 0.3) is 0 Å². The molecule has 0 aromatic carbocycles. The monoisotopic (exact) mass is 296 g/mol. The predicted octanol–water partition coefficient (Wildman–Crippen LogP) is 2.32. The van der Waals surface area contributed by atoms with Crippen LogP contribution >= 0.6 is 0 Å². The minimum atomic E-state index is 0.471. The summed E-state index contributed by atoms with van der Waals surface area (Å²) in [6, 6.07) is 4.47. The van der Waals surface area contributed by atoms with Crippen LogP contribution in [0.4, 0.5) is 0 Å². The fourth-order valence-corrected chi connectivity index (χ4v) is 1.73. The van der Waals surface area contributed by atoms with E-state index in [9.17, 15) is 0 Å². The maximum atomic E-state index is 5.63. The van der Waals surface area contributed by atoms with Gasteiger partial charge in [0, 0.05) is 44.5 Å². The fraction of sp³-hybridized carbons (Fsp3) is 0.688. The van der Waals surface area contributed by atoms with Crippen molar-refractivity contribution in [3.05, 3.63) is 23.4 Å². The number of pyridine rings is 1. The highest BCUT2D eigenvalue weighted by atomic mass is 16.5. The lowest BCUT2D eigenvalue weighted by Gasteiger charge is -2.11. The molecule has 120 valence electrons. The summed E-state index contributed by atoms with van der Waals surface area (Å²) in [6.07, 6.45) is 0.848. The van der Waals surface area contributed by atoms with Crippen molar-refractivity contribution in [1.29, 1.82) is 0 Å². The lowest BCUT2D eigenvalue weighted by atomic mass is 10.2. The second kappa shape index (κ2) is 10.5. The van der Waals surface area contributed by atoms with E-state index in [0.717, 1.165) is 18.7 Å². The first-order valence-electron chi connectivity index (χ1n) is 7.53. The Morgan fingerprint density at radius 3 is 2.62 bits per heavy atom. The summed E-state index contributed by atoms with van der Waals surface area (Å²) in [7, 11) is 1.67. The first kappa shape index (κ1) is 17.9. The SMILES string of the molecule is COCCOCCCOc1ccc(CNC(C)C)c(C)n1. The summed E-state index contributed by atoms with van der Waals surface area (Å²) < 4.78 is 15.9. The van der Waals surface area contributed by atoms with Crippen LogP contribution in [0.5, 0.6) is 5.88 Å². The van der Waals surface area contributed by atoms with Crippen LogP contribution in [0.3, 0.4) is 0 Å². The molecule has 0 aliphatic heterocycles. The van der Waals surface area contributed by atoms with Gasteiger partial charge in [0.05, 0.1) is 19.8 Å². The number of nitrogens with one attached hydrogen (secondary N) is 1. The molecule has 0 saturated heterocycles. The van der Waals surface area contributed by atoms with Gasteiger partial charge in [-0.1, -0.05) is 19.9 Å². The molecule has 0 bridgehead atoms. The Balaban J connectivity index is 2.25. The third-order valence-electron chi connectivity index (χ3n) is 2.99. The van der Waals surface area contributed by atoms with Crippen LogP contribution in [0.15, 0.2) is 12.1 Å². The van der Waals surface area contributed by atoms with Crippen molar-refractivity contribution in [1.82, 2.24) is 10.3 Å². The molecule has 21 heavy (non-hydrogen) atoms. The zero-order valence-corrected chi connectivity index (χ0v) is 13.6. The van der Waals surface area contributed by atoms with Gasteiger partial charge in [-0.3, -0.25) is 0 Å². The zero-order chi connectivity index (χ0) is 15.5. The predicted molar refractivity (Wildman–Crippen MR) is 83.8 cm³/mol. The fourth-order valence-electron chi connectivity index (χ4n) is 1.73. The summed E-state index contributed by atoms with van der Waals surface area (Å²) in [5.41, 5.74) is 2.22. The van der Waals surface area contributed by atoms with Gasteiger partial charge in [-0.25, -0.2) is 4.98 Å². The third kappa shape index (κ3) is 7.99. The molecule has 5 nitrogen and oxygen atoms in total. The summed E-state index contributed by atoms with van der Waals surface area (Å²) in [4.78, 5) is 4.48. The molecule has 0 aliphatic carbocycles. The molecular formula is C16H28N2O3. The minimum Gasteiger partial charge on any atom is -0.478 e. The van der Waals surface area contributed by atoms with E-state index < -0.39 is 0 Å². The third-order valence-corrected chi connectivity index (χ3v) is 2.99. The number of hydrogen-bond acceptors (Lipinski definition) is 5. The van der Waals surface area contributed by atoms with E-state index in [4.69, 9.17) is 14.2 Å². The quantitative estimate of drug-likeness (QED) is 0.635. The summed E-state index contributed by atoms with van der Waals surface area (Å²) in [5.74, 6) is 0.678. The van der Waals surface area contributed by atoms with Crippen molar-refractivity contribution in [2.75, 3.05) is 33.5 Å². The zero-order valence-electron chi connectivity index (χ0n) is 13.6. The Hall–Kier alpha value is -1.17. The van der Waals surface area contributed by atoms with Gasteiger partial charge in [0.25, 0.3) is 0 Å². The van der Waals surface area contributed by atoms with Gasteiger partial charge >= 0.3 is 0 Å². The molecule has 5 heteroatoms. The van der Waals surface area contributed by atoms with Crippen LogP contribution in [-0.4, -0.2) is 44.6 Å². The average Bonchev–Trinajstić information content (AvgIpc) is 2.45. The first-order valence-corrected chi connectivity index (χ1v) is 7.53. The van der Waals surface area contributed by atoms with E-state index in [2.05, 4.69) is 30.2 Å². The van der Waals surface area contributed by atoms with Crippen LogP contribution in [0, 0.1) is 6.92 Å². The van der Waals surface area contributed by atoms with Crippen molar-refractivity contribution in [2.24, 2.45) is 0 Å². The number of methoxy groups -OCH3 is 1. The number of aryl methyl sites for hydroxylation is 1. The summed E-state index contributed by atoms with van der Waals surface area (Å²) in [6.45, 7) is 9.67. The van der Waals surface area contributed by atoms with Crippen molar-refractivity contribution < 1.29 is 14.2 Å². The van der Waals surface area contributed by atoms with Gasteiger partial charge < -0.3 is 19.5 Å². The maximum Gasteiger partial charge on any atom is 0.213 e. The summed E-state index contributed by atoms with van der Waals surface area (Å²) in [5, 5.41) is 3.39. The lowest BCUT2D eigenvalue weighted by Crippen LogP contribution is -2.22. The highest BCUT2D eigenvalue weighted by molar-refractivity contribution is 5.24. The van der Waals surface area contributed by atoms with Gasteiger partial charge in [-0.2, -0.15) is 0 Å². The van der Waals surface area contributed by atoms with E-state index >= 15 is 0 Å². The number of rotatable bonds is 11. The highest BCUT2D eigenvalue weighted by Crippen LogP contribution is 2.12. The van der Waals surface area contributed by atoms with Gasteiger partial charge in [-0.05, 0) is 12.5 Å². The van der Waals surface area contributed by atoms with E-state index in [1.165, 1.54) is 5.56 Å². The molecule has 0 saturated carbocycles. The Kier molecular flexibility index (Phi) is 8.98. The smallest absolute Gasteiger partial charge is 0.213 e. The highest BCUT2D eigenvalue weighted by Gasteiger charge is 2.03. The van der Waals surface area contributed by atoms with Crippen molar-refractivity contribution in [2.45, 2.75) is 39.8 Å². The molecule has 1 rings (SSSR count). The Morgan fingerprint density at radius 2 is 1.95 bits per heavy atom. The van der Waals surface area contributed by atoms with Crippen molar-refractivity contribution in [3.8, 4) is 5.88 Å². The Labute approximate surface area is 128 Å². The second-order valence-electron chi connectivity index (χ2n) is 5.24. The normalized spacial score (nSPS) is 11.1. The number of hydrogen-bond donors (Lipinski definition) is 1. The molecule has 1 aromatic rings. The summed E-state index contributed by atoms with van der Waals surface area (Å²) >= 11 is 0. The molecule has 0 radical (unpaired) electrons. The molecule has 0 aliphatic rings. The average molecular weight is 296 g/mol. The standard InChI is InChI=1S/C16H28N2O3/c1-13(2)17-12-15-6-7-16(18-14(15)3)21-9-5-8-20-11-10-19-4/h6-7,13,17H,5,8-12H2,1-4H3. The number of nitrogens with zero attached hydrogens (tertiary/aromatic N) is 1. The lowest BCUT2D eigenvalue weighted by molar-refractivity contribution is 0.0642. The largest absolute Gasteiger partial charge is 0.478 e. The van der Waals surface area contributed by atoms with Crippen molar-refractivity contribution >= 4 is 0 Å². The van der Waals surface area contributed by atoms with Gasteiger partial charge in [0.2, 0.25) is 5.88 Å². The van der Waals surface area contributed by atoms with Gasteiger partial charge in [0.15, 0.2) is 0 Å². The second-order valence-corrected chi connectivity index (χ2v) is 5.24. The van der Waals surface area contributed by atoms with Gasteiger partial charge in [0.1, 0.15) is 0 Å². The molecular weight excluding hydrogens is 268 g/mol. The van der Waals surface area contributed by atoms with Crippen LogP contribution < -0.4 is 10.1 Å². The van der Waals surface area contributed by atoms with Crippen molar-refractivity contribution in [3.63, 3.8) is 0 Å². The van der Waals surface area contributed by atoms with Gasteiger partial charge in [-0.15, -0.1) is 0 Å². The van der Waals surface area contributed by atoms with Crippen LogP contribution in [-0.2, 0) is 16.0 Å². The van der Waals surface area contributed by atoms with E-state index in [1.807, 2.05) is 13.0 Å².